The molecule has 1 atom stereocenters. The van der Waals surface area contributed by atoms with E-state index in [0.29, 0.717) is 17.6 Å². The van der Waals surface area contributed by atoms with Gasteiger partial charge in [-0.15, -0.1) is 0 Å². The molecule has 0 radical (unpaired) electrons. The minimum atomic E-state index is -0.113. The minimum Gasteiger partial charge on any atom is -0.341 e. The maximum absolute atomic E-state index is 12.8. The highest BCUT2D eigenvalue weighted by Gasteiger charge is 2.22. The van der Waals surface area contributed by atoms with E-state index in [2.05, 4.69) is 21.8 Å². The molecule has 0 aliphatic carbocycles. The molecule has 5 nitrogen and oxygen atoms in total. The number of aryl methyl sites for hydroxylation is 1. The second-order valence-electron chi connectivity index (χ2n) is 6.59. The number of carbonyl (C=O) groups is 1. The maximum atomic E-state index is 12.8. The van der Waals surface area contributed by atoms with Crippen molar-refractivity contribution in [2.75, 3.05) is 29.9 Å². The highest BCUT2D eigenvalue weighted by atomic mass is 16.2. The van der Waals surface area contributed by atoms with E-state index in [0.717, 1.165) is 30.9 Å². The van der Waals surface area contributed by atoms with Crippen LogP contribution >= 0.6 is 0 Å². The van der Waals surface area contributed by atoms with Crippen LogP contribution in [-0.2, 0) is 0 Å². The molecular weight excluding hydrogens is 300 g/mol. The summed E-state index contributed by atoms with van der Waals surface area (Å²) in [5.74, 6) is 1.19. The van der Waals surface area contributed by atoms with E-state index in [-0.39, 0.29) is 5.91 Å². The number of anilines is 2. The van der Waals surface area contributed by atoms with Crippen molar-refractivity contribution < 1.29 is 4.79 Å². The molecule has 1 aromatic heterocycles. The molecule has 126 valence electrons. The first-order valence-electron chi connectivity index (χ1n) is 8.48. The Kier molecular flexibility index (Phi) is 4.79. The summed E-state index contributed by atoms with van der Waals surface area (Å²) >= 11 is 0. The summed E-state index contributed by atoms with van der Waals surface area (Å²) in [6.07, 6.45) is 2.39. The van der Waals surface area contributed by atoms with Crippen molar-refractivity contribution in [3.05, 3.63) is 47.8 Å². The molecule has 0 N–H and O–H groups in total. The summed E-state index contributed by atoms with van der Waals surface area (Å²) < 4.78 is 0. The lowest BCUT2D eigenvalue weighted by Crippen LogP contribution is -2.36. The van der Waals surface area contributed by atoms with Crippen molar-refractivity contribution >= 4 is 17.5 Å². The number of nitrogens with zero attached hydrogens (tertiary/aromatic N) is 4. The van der Waals surface area contributed by atoms with Gasteiger partial charge in [-0.1, -0.05) is 25.1 Å². The third-order valence-corrected chi connectivity index (χ3v) is 4.45. The zero-order valence-corrected chi connectivity index (χ0v) is 14.6. The van der Waals surface area contributed by atoms with Crippen molar-refractivity contribution in [1.82, 2.24) is 9.97 Å². The number of rotatable bonds is 3. The molecular formula is C19H24N4O. The van der Waals surface area contributed by atoms with Crippen LogP contribution in [0.3, 0.4) is 0 Å². The average molecular weight is 324 g/mol. The molecule has 0 spiro atoms. The van der Waals surface area contributed by atoms with Crippen molar-refractivity contribution in [1.29, 1.82) is 0 Å². The first-order valence-corrected chi connectivity index (χ1v) is 8.48. The number of para-hydroxylation sites is 1. The van der Waals surface area contributed by atoms with Crippen molar-refractivity contribution in [2.45, 2.75) is 26.7 Å². The number of hydrogen-bond acceptors (Lipinski definition) is 4. The van der Waals surface area contributed by atoms with Crippen LogP contribution in [0, 0.1) is 12.8 Å². The van der Waals surface area contributed by atoms with Crippen LogP contribution < -0.4 is 9.80 Å². The van der Waals surface area contributed by atoms with Gasteiger partial charge < -0.3 is 9.80 Å². The molecule has 1 aliphatic rings. The van der Waals surface area contributed by atoms with Crippen molar-refractivity contribution in [3.8, 4) is 0 Å². The molecule has 1 saturated heterocycles. The zero-order chi connectivity index (χ0) is 17.1. The molecule has 0 bridgehead atoms. The van der Waals surface area contributed by atoms with Crippen LogP contribution in [0.5, 0.6) is 0 Å². The van der Waals surface area contributed by atoms with Crippen LogP contribution in [0.4, 0.5) is 11.6 Å². The van der Waals surface area contributed by atoms with E-state index in [1.165, 1.54) is 6.42 Å². The van der Waals surface area contributed by atoms with Crippen LogP contribution in [0.1, 0.15) is 35.9 Å². The Labute approximate surface area is 143 Å². The molecule has 24 heavy (non-hydrogen) atoms. The molecule has 1 unspecified atom stereocenters. The van der Waals surface area contributed by atoms with Gasteiger partial charge in [0.15, 0.2) is 0 Å². The van der Waals surface area contributed by atoms with Gasteiger partial charge in [-0.3, -0.25) is 4.79 Å². The Morgan fingerprint density at radius 3 is 2.71 bits per heavy atom. The number of amides is 1. The van der Waals surface area contributed by atoms with Gasteiger partial charge in [-0.2, -0.15) is 0 Å². The van der Waals surface area contributed by atoms with E-state index in [9.17, 15) is 4.79 Å². The summed E-state index contributed by atoms with van der Waals surface area (Å²) in [6, 6.07) is 11.4. The summed E-state index contributed by atoms with van der Waals surface area (Å²) in [5, 5.41) is 0. The molecule has 2 aromatic rings. The molecule has 1 fully saturated rings. The lowest BCUT2D eigenvalue weighted by atomic mass is 10.0. The summed E-state index contributed by atoms with van der Waals surface area (Å²) in [7, 11) is 1.78. The molecule has 3 rings (SSSR count). The highest BCUT2D eigenvalue weighted by Crippen LogP contribution is 2.21. The van der Waals surface area contributed by atoms with Gasteiger partial charge in [-0.25, -0.2) is 9.97 Å². The zero-order valence-electron chi connectivity index (χ0n) is 14.6. The van der Waals surface area contributed by atoms with Crippen LogP contribution in [-0.4, -0.2) is 36.0 Å². The Hall–Kier alpha value is -2.43. The van der Waals surface area contributed by atoms with Crippen LogP contribution in [0.2, 0.25) is 0 Å². The average Bonchev–Trinajstić information content (AvgIpc) is 2.60. The molecule has 0 saturated carbocycles. The lowest BCUT2D eigenvalue weighted by Gasteiger charge is -2.31. The highest BCUT2D eigenvalue weighted by molar-refractivity contribution is 6.04. The SMILES string of the molecule is Cc1cc(C(=O)N(C)c2ccccc2)nc(N2CCCC(C)C2)n1. The Balaban J connectivity index is 1.87. The number of carbonyl (C=O) groups excluding carboxylic acids is 1. The fraction of sp³-hybridized carbons (Fsp3) is 0.421. The molecule has 1 amide bonds. The lowest BCUT2D eigenvalue weighted by molar-refractivity contribution is 0.0988. The standard InChI is InChI=1S/C19H24N4O/c1-14-8-7-11-23(13-14)19-20-15(2)12-17(21-19)18(24)22(3)16-9-5-4-6-10-16/h4-6,9-10,12,14H,7-8,11,13H2,1-3H3. The van der Waals surface area contributed by atoms with Gasteiger partial charge in [0.2, 0.25) is 5.95 Å². The Bertz CT molecular complexity index is 717. The first-order chi connectivity index (χ1) is 11.5. The topological polar surface area (TPSA) is 49.3 Å². The molecule has 1 aromatic carbocycles. The molecule has 1 aliphatic heterocycles. The van der Waals surface area contributed by atoms with Gasteiger partial charge in [-0.05, 0) is 43.9 Å². The van der Waals surface area contributed by atoms with E-state index in [1.54, 1.807) is 18.0 Å². The number of hydrogen-bond donors (Lipinski definition) is 0. The van der Waals surface area contributed by atoms with Gasteiger partial charge in [0.1, 0.15) is 5.69 Å². The predicted molar refractivity (Wildman–Crippen MR) is 96.6 cm³/mol. The normalized spacial score (nSPS) is 17.6. The maximum Gasteiger partial charge on any atom is 0.276 e. The number of benzene rings is 1. The third kappa shape index (κ3) is 3.55. The van der Waals surface area contributed by atoms with Crippen molar-refractivity contribution in [3.63, 3.8) is 0 Å². The first kappa shape index (κ1) is 16.4. The number of piperidine rings is 1. The summed E-state index contributed by atoms with van der Waals surface area (Å²) in [6.45, 7) is 6.07. The predicted octanol–water partition coefficient (Wildman–Crippen LogP) is 3.30. The Morgan fingerprint density at radius 2 is 2.00 bits per heavy atom. The second kappa shape index (κ2) is 6.99. The van der Waals surface area contributed by atoms with Gasteiger partial charge >= 0.3 is 0 Å². The van der Waals surface area contributed by atoms with Gasteiger partial charge in [0.05, 0.1) is 0 Å². The summed E-state index contributed by atoms with van der Waals surface area (Å²) in [4.78, 5) is 25.8. The van der Waals surface area contributed by atoms with E-state index in [4.69, 9.17) is 0 Å². The Morgan fingerprint density at radius 1 is 1.25 bits per heavy atom. The van der Waals surface area contributed by atoms with Gasteiger partial charge in [0.25, 0.3) is 5.91 Å². The quantitative estimate of drug-likeness (QED) is 0.869. The van der Waals surface area contributed by atoms with Crippen LogP contribution in [0.15, 0.2) is 36.4 Å². The fourth-order valence-electron chi connectivity index (χ4n) is 3.12. The largest absolute Gasteiger partial charge is 0.341 e. The monoisotopic (exact) mass is 324 g/mol. The van der Waals surface area contributed by atoms with E-state index in [1.807, 2.05) is 37.3 Å². The smallest absolute Gasteiger partial charge is 0.276 e. The van der Waals surface area contributed by atoms with E-state index < -0.39 is 0 Å². The molecule has 2 heterocycles. The fourth-order valence-corrected chi connectivity index (χ4v) is 3.12. The van der Waals surface area contributed by atoms with Crippen LogP contribution in [0.25, 0.3) is 0 Å². The molecule has 5 heteroatoms. The third-order valence-electron chi connectivity index (χ3n) is 4.45. The minimum absolute atomic E-state index is 0.113. The number of aromatic nitrogens is 2. The second-order valence-corrected chi connectivity index (χ2v) is 6.59. The van der Waals surface area contributed by atoms with E-state index >= 15 is 0 Å². The summed E-state index contributed by atoms with van der Waals surface area (Å²) in [5.41, 5.74) is 2.12. The van der Waals surface area contributed by atoms with Crippen molar-refractivity contribution in [2.24, 2.45) is 5.92 Å². The van der Waals surface area contributed by atoms with Gasteiger partial charge in [0, 0.05) is 31.5 Å².